The van der Waals surface area contributed by atoms with Crippen molar-refractivity contribution in [1.29, 1.82) is 0 Å². The van der Waals surface area contributed by atoms with Crippen LogP contribution < -0.4 is 10.4 Å². The van der Waals surface area contributed by atoms with Gasteiger partial charge in [0.05, 0.1) is 0 Å². The molecule has 0 spiro atoms. The van der Waals surface area contributed by atoms with Crippen molar-refractivity contribution in [2.24, 2.45) is 0 Å². The third-order valence-electron chi connectivity index (χ3n) is 3.45. The van der Waals surface area contributed by atoms with Crippen LogP contribution in [0.3, 0.4) is 0 Å². The summed E-state index contributed by atoms with van der Waals surface area (Å²) in [6, 6.07) is 13.2. The molecule has 3 aromatic rings. The first kappa shape index (κ1) is 18.8. The average molecular weight is 418 g/mol. The van der Waals surface area contributed by atoms with Crippen LogP contribution >= 0.6 is 30.5 Å². The summed E-state index contributed by atoms with van der Waals surface area (Å²) in [6.45, 7) is 1.57. The summed E-state index contributed by atoms with van der Waals surface area (Å²) in [5.41, 5.74) is 1.05. The molecule has 2 aromatic carbocycles. The van der Waals surface area contributed by atoms with Crippen molar-refractivity contribution in [3.63, 3.8) is 0 Å². The predicted molar refractivity (Wildman–Crippen MR) is 97.7 cm³/mol. The van der Waals surface area contributed by atoms with Crippen LogP contribution in [0.15, 0.2) is 53.1 Å². The molecule has 0 aliphatic rings. The lowest BCUT2D eigenvalue weighted by Gasteiger charge is -2.17. The fourth-order valence-electron chi connectivity index (χ4n) is 2.22. The van der Waals surface area contributed by atoms with Gasteiger partial charge in [0.1, 0.15) is 0 Å². The summed E-state index contributed by atoms with van der Waals surface area (Å²) in [5.74, 6) is -1.03. The van der Waals surface area contributed by atoms with E-state index in [1.807, 2.05) is 0 Å². The predicted octanol–water partition coefficient (Wildman–Crippen LogP) is 5.32. The Hall–Kier alpha value is -1.95. The SMILES string of the molecule is CP(=O)(Nc1cccc(Cl)c1)c1ccc(-c2noc(C(F)(F)Cl)n2)cc1. The fraction of sp³-hybridized carbons (Fsp3) is 0.125. The van der Waals surface area contributed by atoms with E-state index in [2.05, 4.69) is 19.8 Å². The second-order valence-electron chi connectivity index (χ2n) is 5.51. The van der Waals surface area contributed by atoms with Crippen molar-refractivity contribution in [3.8, 4) is 11.4 Å². The summed E-state index contributed by atoms with van der Waals surface area (Å²) in [4.78, 5) is 3.56. The Morgan fingerprint density at radius 1 is 1.19 bits per heavy atom. The van der Waals surface area contributed by atoms with Gasteiger partial charge in [-0.05, 0) is 41.9 Å². The summed E-state index contributed by atoms with van der Waals surface area (Å²) in [5, 5.41) is 3.76. The van der Waals surface area contributed by atoms with Crippen LogP contribution in [0, 0.1) is 0 Å². The third-order valence-corrected chi connectivity index (χ3v) is 5.82. The number of nitrogens with one attached hydrogen (secondary N) is 1. The van der Waals surface area contributed by atoms with Gasteiger partial charge in [-0.3, -0.25) is 4.57 Å². The van der Waals surface area contributed by atoms with Crippen LogP contribution in [0.4, 0.5) is 14.5 Å². The minimum absolute atomic E-state index is 0.0411. The average Bonchev–Trinajstić information content (AvgIpc) is 3.05. The van der Waals surface area contributed by atoms with Crippen LogP contribution in [0.2, 0.25) is 5.02 Å². The highest BCUT2D eigenvalue weighted by molar-refractivity contribution is 7.72. The first-order valence-electron chi connectivity index (χ1n) is 7.28. The summed E-state index contributed by atoms with van der Waals surface area (Å²) < 4.78 is 43.3. The molecule has 0 saturated carbocycles. The van der Waals surface area contributed by atoms with Gasteiger partial charge in [-0.15, -0.1) is 0 Å². The first-order chi connectivity index (χ1) is 12.1. The van der Waals surface area contributed by atoms with E-state index in [1.165, 1.54) is 0 Å². The molecular weight excluding hydrogens is 406 g/mol. The van der Waals surface area contributed by atoms with Gasteiger partial charge in [-0.1, -0.05) is 35.0 Å². The Morgan fingerprint density at radius 2 is 1.88 bits per heavy atom. The number of rotatable bonds is 5. The van der Waals surface area contributed by atoms with Gasteiger partial charge in [0, 0.05) is 28.2 Å². The Bertz CT molecular complexity index is 974. The molecule has 1 unspecified atom stereocenters. The largest absolute Gasteiger partial charge is 0.400 e. The van der Waals surface area contributed by atoms with Gasteiger partial charge in [-0.2, -0.15) is 13.8 Å². The minimum Gasteiger partial charge on any atom is -0.333 e. The van der Waals surface area contributed by atoms with Gasteiger partial charge in [0.15, 0.2) is 7.29 Å². The van der Waals surface area contributed by atoms with Crippen molar-refractivity contribution in [2.75, 3.05) is 11.8 Å². The fourth-order valence-corrected chi connectivity index (χ4v) is 3.97. The Kier molecular flexibility index (Phi) is 5.06. The van der Waals surface area contributed by atoms with E-state index in [1.54, 1.807) is 55.2 Å². The quantitative estimate of drug-likeness (QED) is 0.449. The lowest BCUT2D eigenvalue weighted by atomic mass is 10.2. The van der Waals surface area contributed by atoms with Gasteiger partial charge in [0.25, 0.3) is 0 Å². The van der Waals surface area contributed by atoms with Crippen molar-refractivity contribution in [1.82, 2.24) is 10.1 Å². The number of benzene rings is 2. The molecule has 0 amide bonds. The number of halogens is 4. The second-order valence-corrected chi connectivity index (χ2v) is 9.01. The standard InChI is InChI=1S/C16H12Cl2F2N3O2P/c1-26(24,23-12-4-2-3-11(17)9-12)13-7-5-10(6-8-13)14-21-15(25-22-14)16(18,19)20/h2-9H,1H3,(H,23,24). The molecule has 0 saturated heterocycles. The maximum atomic E-state index is 13.0. The number of aromatic nitrogens is 2. The molecule has 0 fully saturated rings. The molecule has 10 heteroatoms. The van der Waals surface area contributed by atoms with Gasteiger partial charge >= 0.3 is 11.3 Å². The lowest BCUT2D eigenvalue weighted by Crippen LogP contribution is -2.10. The van der Waals surface area contributed by atoms with E-state index in [0.717, 1.165) is 0 Å². The molecule has 0 aliphatic carbocycles. The van der Waals surface area contributed by atoms with E-state index in [0.29, 0.717) is 21.6 Å². The lowest BCUT2D eigenvalue weighted by molar-refractivity contribution is 0.0551. The molecule has 3 rings (SSSR count). The third kappa shape index (κ3) is 4.23. The van der Waals surface area contributed by atoms with Gasteiger partial charge in [-0.25, -0.2) is 0 Å². The highest BCUT2D eigenvalue weighted by Crippen LogP contribution is 2.41. The van der Waals surface area contributed by atoms with E-state index in [9.17, 15) is 13.3 Å². The summed E-state index contributed by atoms with van der Waals surface area (Å²) in [6.07, 6.45) is 0. The summed E-state index contributed by atoms with van der Waals surface area (Å²) >= 11 is 10.8. The van der Waals surface area contributed by atoms with Gasteiger partial charge < -0.3 is 9.61 Å². The van der Waals surface area contributed by atoms with E-state index in [-0.39, 0.29) is 5.82 Å². The van der Waals surface area contributed by atoms with Crippen molar-refractivity contribution in [2.45, 2.75) is 5.38 Å². The topological polar surface area (TPSA) is 68.0 Å². The smallest absolute Gasteiger partial charge is 0.333 e. The van der Waals surface area contributed by atoms with Crippen molar-refractivity contribution in [3.05, 3.63) is 59.4 Å². The van der Waals surface area contributed by atoms with Gasteiger partial charge in [0.2, 0.25) is 5.82 Å². The van der Waals surface area contributed by atoms with Crippen LogP contribution in [0.5, 0.6) is 0 Å². The molecule has 26 heavy (non-hydrogen) atoms. The second kappa shape index (κ2) is 6.99. The Labute approximate surface area is 157 Å². The highest BCUT2D eigenvalue weighted by Gasteiger charge is 2.35. The van der Waals surface area contributed by atoms with Crippen LogP contribution in [-0.2, 0) is 9.95 Å². The van der Waals surface area contributed by atoms with Crippen LogP contribution in [-0.4, -0.2) is 16.8 Å². The van der Waals surface area contributed by atoms with Crippen molar-refractivity contribution >= 4 is 41.5 Å². The van der Waals surface area contributed by atoms with E-state index in [4.69, 9.17) is 23.2 Å². The molecule has 0 aliphatic heterocycles. The van der Waals surface area contributed by atoms with Crippen LogP contribution in [0.25, 0.3) is 11.4 Å². The maximum absolute atomic E-state index is 13.0. The van der Waals surface area contributed by atoms with E-state index >= 15 is 0 Å². The molecular formula is C16H12Cl2F2N3O2P. The molecule has 0 radical (unpaired) electrons. The van der Waals surface area contributed by atoms with Crippen molar-refractivity contribution < 1.29 is 17.9 Å². The highest BCUT2D eigenvalue weighted by atomic mass is 35.5. The van der Waals surface area contributed by atoms with Crippen LogP contribution in [0.1, 0.15) is 5.89 Å². The molecule has 1 atom stereocenters. The zero-order chi connectivity index (χ0) is 18.9. The maximum Gasteiger partial charge on any atom is 0.400 e. The first-order valence-corrected chi connectivity index (χ1v) is 10.2. The molecule has 1 N–H and O–H groups in total. The van der Waals surface area contributed by atoms with E-state index < -0.39 is 18.6 Å². The molecule has 0 bridgehead atoms. The number of hydrogen-bond donors (Lipinski definition) is 1. The number of hydrogen-bond acceptors (Lipinski definition) is 4. The zero-order valence-corrected chi connectivity index (χ0v) is 15.7. The number of anilines is 1. The molecule has 1 aromatic heterocycles. The normalized spacial score (nSPS) is 14.0. The molecule has 1 heterocycles. The summed E-state index contributed by atoms with van der Waals surface area (Å²) in [7, 11) is -2.93. The number of alkyl halides is 3. The molecule has 5 nitrogen and oxygen atoms in total. The number of nitrogens with zero attached hydrogens (tertiary/aromatic N) is 2. The zero-order valence-electron chi connectivity index (χ0n) is 13.3. The Balaban J connectivity index is 1.82. The monoisotopic (exact) mass is 417 g/mol. The minimum atomic E-state index is -3.73. The Morgan fingerprint density at radius 3 is 2.46 bits per heavy atom. The molecule has 136 valence electrons.